The SMILES string of the molecule is CC(N)(C(=O)NC1CCCCCC1)c1ccc(Br)cc1.Cl. The Bertz CT molecular complexity index is 454. The summed E-state index contributed by atoms with van der Waals surface area (Å²) >= 11 is 3.40. The Morgan fingerprint density at radius 3 is 2.24 bits per heavy atom. The maximum atomic E-state index is 12.5. The highest BCUT2D eigenvalue weighted by molar-refractivity contribution is 9.10. The van der Waals surface area contributed by atoms with Gasteiger partial charge in [-0.1, -0.05) is 53.7 Å². The van der Waals surface area contributed by atoms with E-state index in [-0.39, 0.29) is 24.4 Å². The fraction of sp³-hybridized carbons (Fsp3) is 0.562. The third-order valence-electron chi connectivity index (χ3n) is 4.11. The number of carbonyl (C=O) groups is 1. The van der Waals surface area contributed by atoms with Crippen molar-refractivity contribution in [1.82, 2.24) is 5.32 Å². The molecule has 0 heterocycles. The van der Waals surface area contributed by atoms with Crippen LogP contribution in [0.3, 0.4) is 0 Å². The first-order chi connectivity index (χ1) is 9.50. The molecule has 1 aromatic carbocycles. The monoisotopic (exact) mass is 374 g/mol. The van der Waals surface area contributed by atoms with Crippen molar-refractivity contribution < 1.29 is 4.79 Å². The van der Waals surface area contributed by atoms with Crippen LogP contribution in [0.4, 0.5) is 0 Å². The van der Waals surface area contributed by atoms with E-state index in [0.29, 0.717) is 0 Å². The number of rotatable bonds is 3. The number of benzene rings is 1. The van der Waals surface area contributed by atoms with Gasteiger partial charge in [0.05, 0.1) is 0 Å². The number of nitrogens with two attached hydrogens (primary N) is 1. The Balaban J connectivity index is 0.00000220. The van der Waals surface area contributed by atoms with Crippen molar-refractivity contribution in [2.24, 2.45) is 5.73 Å². The molecule has 118 valence electrons. The van der Waals surface area contributed by atoms with Gasteiger partial charge in [0.2, 0.25) is 5.91 Å². The van der Waals surface area contributed by atoms with Gasteiger partial charge in [-0.05, 0) is 37.5 Å². The summed E-state index contributed by atoms with van der Waals surface area (Å²) in [6.07, 6.45) is 7.09. The normalized spacial score (nSPS) is 19.0. The molecule has 1 aliphatic rings. The van der Waals surface area contributed by atoms with Crippen molar-refractivity contribution in [3.05, 3.63) is 34.3 Å². The lowest BCUT2D eigenvalue weighted by atomic mass is 9.91. The van der Waals surface area contributed by atoms with Gasteiger partial charge in [-0.25, -0.2) is 0 Å². The molecule has 0 bridgehead atoms. The fourth-order valence-electron chi connectivity index (χ4n) is 2.69. The number of nitrogens with one attached hydrogen (secondary N) is 1. The number of carbonyl (C=O) groups excluding carboxylic acids is 1. The van der Waals surface area contributed by atoms with E-state index in [2.05, 4.69) is 21.2 Å². The van der Waals surface area contributed by atoms with Crippen LogP contribution >= 0.6 is 28.3 Å². The molecule has 1 fully saturated rings. The Morgan fingerprint density at radius 2 is 1.71 bits per heavy atom. The first-order valence-corrected chi connectivity index (χ1v) is 8.15. The molecular formula is C16H24BrClN2O. The molecule has 5 heteroatoms. The minimum Gasteiger partial charge on any atom is -0.351 e. The Kier molecular flexibility index (Phi) is 7.17. The third-order valence-corrected chi connectivity index (χ3v) is 4.63. The van der Waals surface area contributed by atoms with Crippen LogP contribution in [0.1, 0.15) is 51.0 Å². The van der Waals surface area contributed by atoms with Crippen LogP contribution in [0.15, 0.2) is 28.7 Å². The van der Waals surface area contributed by atoms with Gasteiger partial charge in [0.25, 0.3) is 0 Å². The summed E-state index contributed by atoms with van der Waals surface area (Å²) < 4.78 is 0.987. The number of hydrogen-bond donors (Lipinski definition) is 2. The van der Waals surface area contributed by atoms with E-state index >= 15 is 0 Å². The molecule has 1 unspecified atom stereocenters. The van der Waals surface area contributed by atoms with Gasteiger partial charge in [-0.15, -0.1) is 12.4 Å². The van der Waals surface area contributed by atoms with E-state index < -0.39 is 5.54 Å². The van der Waals surface area contributed by atoms with Gasteiger partial charge in [-0.2, -0.15) is 0 Å². The predicted octanol–water partition coefficient (Wildman–Crippen LogP) is 3.88. The Hall–Kier alpha value is -0.580. The second-order valence-electron chi connectivity index (χ2n) is 5.87. The van der Waals surface area contributed by atoms with Gasteiger partial charge in [0.1, 0.15) is 5.54 Å². The lowest BCUT2D eigenvalue weighted by molar-refractivity contribution is -0.126. The fourth-order valence-corrected chi connectivity index (χ4v) is 2.95. The van der Waals surface area contributed by atoms with E-state index in [1.165, 1.54) is 25.7 Å². The summed E-state index contributed by atoms with van der Waals surface area (Å²) in [5.74, 6) is -0.0771. The van der Waals surface area contributed by atoms with Crippen molar-refractivity contribution in [3.8, 4) is 0 Å². The zero-order valence-corrected chi connectivity index (χ0v) is 14.8. The molecule has 0 aliphatic heterocycles. The van der Waals surface area contributed by atoms with Crippen LogP contribution in [-0.4, -0.2) is 11.9 Å². The highest BCUT2D eigenvalue weighted by atomic mass is 79.9. The van der Waals surface area contributed by atoms with Gasteiger partial charge in [0.15, 0.2) is 0 Å². The van der Waals surface area contributed by atoms with E-state index in [4.69, 9.17) is 5.73 Å². The number of hydrogen-bond acceptors (Lipinski definition) is 2. The van der Waals surface area contributed by atoms with Crippen LogP contribution in [0.25, 0.3) is 0 Å². The Labute approximate surface area is 141 Å². The third kappa shape index (κ3) is 4.97. The molecule has 1 aliphatic carbocycles. The Morgan fingerprint density at radius 1 is 1.19 bits per heavy atom. The molecule has 2 rings (SSSR count). The van der Waals surface area contributed by atoms with Crippen molar-refractivity contribution >= 4 is 34.2 Å². The summed E-state index contributed by atoms with van der Waals surface area (Å²) in [7, 11) is 0. The van der Waals surface area contributed by atoms with E-state index in [1.54, 1.807) is 6.92 Å². The molecule has 1 atom stereocenters. The minimum absolute atomic E-state index is 0. The van der Waals surface area contributed by atoms with E-state index in [9.17, 15) is 4.79 Å². The van der Waals surface area contributed by atoms with Crippen LogP contribution in [0.5, 0.6) is 0 Å². The van der Waals surface area contributed by atoms with Gasteiger partial charge >= 0.3 is 0 Å². The summed E-state index contributed by atoms with van der Waals surface area (Å²) in [5.41, 5.74) is 6.12. The summed E-state index contributed by atoms with van der Waals surface area (Å²) in [4.78, 5) is 12.5. The molecule has 0 aromatic heterocycles. The van der Waals surface area contributed by atoms with Crippen molar-refractivity contribution in [1.29, 1.82) is 0 Å². The quantitative estimate of drug-likeness (QED) is 0.788. The maximum absolute atomic E-state index is 12.5. The second kappa shape index (κ2) is 8.16. The first-order valence-electron chi connectivity index (χ1n) is 7.36. The van der Waals surface area contributed by atoms with Gasteiger partial charge < -0.3 is 11.1 Å². The zero-order chi connectivity index (χ0) is 14.6. The van der Waals surface area contributed by atoms with Crippen LogP contribution in [-0.2, 0) is 10.3 Å². The number of amides is 1. The average molecular weight is 376 g/mol. The van der Waals surface area contributed by atoms with Gasteiger partial charge in [0, 0.05) is 10.5 Å². The zero-order valence-electron chi connectivity index (χ0n) is 12.4. The largest absolute Gasteiger partial charge is 0.351 e. The summed E-state index contributed by atoms with van der Waals surface area (Å²) in [6.45, 7) is 1.78. The standard InChI is InChI=1S/C16H23BrN2O.ClH/c1-16(18,12-8-10-13(17)11-9-12)15(20)19-14-6-4-2-3-5-7-14;/h8-11,14H,2-7,18H2,1H3,(H,19,20);1H. The lowest BCUT2D eigenvalue weighted by Gasteiger charge is -2.27. The lowest BCUT2D eigenvalue weighted by Crippen LogP contribution is -2.51. The second-order valence-corrected chi connectivity index (χ2v) is 6.79. The van der Waals surface area contributed by atoms with Crippen LogP contribution in [0, 0.1) is 0 Å². The van der Waals surface area contributed by atoms with Crippen LogP contribution < -0.4 is 11.1 Å². The highest BCUT2D eigenvalue weighted by Crippen LogP contribution is 2.22. The molecular weight excluding hydrogens is 352 g/mol. The van der Waals surface area contributed by atoms with E-state index in [0.717, 1.165) is 22.9 Å². The topological polar surface area (TPSA) is 55.1 Å². The molecule has 3 N–H and O–H groups in total. The van der Waals surface area contributed by atoms with Crippen molar-refractivity contribution in [2.45, 2.75) is 57.0 Å². The van der Waals surface area contributed by atoms with Crippen molar-refractivity contribution in [2.75, 3.05) is 0 Å². The number of halogens is 2. The maximum Gasteiger partial charge on any atom is 0.244 e. The van der Waals surface area contributed by atoms with Crippen molar-refractivity contribution in [3.63, 3.8) is 0 Å². The first kappa shape index (κ1) is 18.5. The molecule has 0 radical (unpaired) electrons. The molecule has 1 amide bonds. The molecule has 0 spiro atoms. The smallest absolute Gasteiger partial charge is 0.244 e. The molecule has 21 heavy (non-hydrogen) atoms. The highest BCUT2D eigenvalue weighted by Gasteiger charge is 2.31. The van der Waals surface area contributed by atoms with Crippen LogP contribution in [0.2, 0.25) is 0 Å². The average Bonchev–Trinajstić information content (AvgIpc) is 2.68. The molecule has 1 saturated carbocycles. The summed E-state index contributed by atoms with van der Waals surface area (Å²) in [6, 6.07) is 7.91. The van der Waals surface area contributed by atoms with E-state index in [1.807, 2.05) is 24.3 Å². The summed E-state index contributed by atoms with van der Waals surface area (Å²) in [5, 5.41) is 3.14. The van der Waals surface area contributed by atoms with Gasteiger partial charge in [-0.3, -0.25) is 4.79 Å². The molecule has 3 nitrogen and oxygen atoms in total. The minimum atomic E-state index is -0.979. The molecule has 0 saturated heterocycles. The predicted molar refractivity (Wildman–Crippen MR) is 92.6 cm³/mol. The molecule has 1 aromatic rings.